The Labute approximate surface area is 115 Å². The third kappa shape index (κ3) is 3.25. The molecule has 0 aliphatic heterocycles. The van der Waals surface area contributed by atoms with E-state index in [1.54, 1.807) is 18.2 Å². The van der Waals surface area contributed by atoms with Crippen molar-refractivity contribution < 1.29 is 4.42 Å². The van der Waals surface area contributed by atoms with E-state index in [1.807, 2.05) is 18.2 Å². The molecule has 0 aliphatic carbocycles. The summed E-state index contributed by atoms with van der Waals surface area (Å²) in [5.41, 5.74) is 2.55. The van der Waals surface area contributed by atoms with E-state index in [0.717, 1.165) is 0 Å². The van der Waals surface area contributed by atoms with Crippen molar-refractivity contribution in [3.63, 3.8) is 0 Å². The van der Waals surface area contributed by atoms with E-state index < -0.39 is 0 Å². The van der Waals surface area contributed by atoms with E-state index in [9.17, 15) is 0 Å². The SMILES string of the molecule is Cc1ccccc1.Clc1nc2c(Cl)cccc2o1. The number of nitrogens with zero attached hydrogens (tertiary/aromatic N) is 1. The second-order valence-electron chi connectivity index (χ2n) is 3.71. The van der Waals surface area contributed by atoms with E-state index in [1.165, 1.54) is 5.56 Å². The monoisotopic (exact) mass is 279 g/mol. The zero-order chi connectivity index (χ0) is 13.0. The van der Waals surface area contributed by atoms with Gasteiger partial charge in [-0.1, -0.05) is 53.6 Å². The quantitative estimate of drug-likeness (QED) is 0.570. The summed E-state index contributed by atoms with van der Waals surface area (Å²) in [5, 5.41) is 0.672. The maximum absolute atomic E-state index is 5.79. The Morgan fingerprint density at radius 2 is 1.67 bits per heavy atom. The van der Waals surface area contributed by atoms with Crippen molar-refractivity contribution in [2.75, 3.05) is 0 Å². The van der Waals surface area contributed by atoms with Crippen molar-refractivity contribution in [1.29, 1.82) is 0 Å². The maximum atomic E-state index is 5.79. The highest BCUT2D eigenvalue weighted by Crippen LogP contribution is 2.24. The average Bonchev–Trinajstić information content (AvgIpc) is 2.73. The fraction of sp³-hybridized carbons (Fsp3) is 0.0714. The second-order valence-corrected chi connectivity index (χ2v) is 4.44. The van der Waals surface area contributed by atoms with E-state index in [0.29, 0.717) is 16.1 Å². The van der Waals surface area contributed by atoms with Gasteiger partial charge in [-0.25, -0.2) is 0 Å². The van der Waals surface area contributed by atoms with Crippen LogP contribution in [0.15, 0.2) is 52.9 Å². The van der Waals surface area contributed by atoms with Crippen LogP contribution >= 0.6 is 23.2 Å². The molecule has 1 heterocycles. The van der Waals surface area contributed by atoms with Crippen LogP contribution in [0.3, 0.4) is 0 Å². The Morgan fingerprint density at radius 1 is 0.944 bits per heavy atom. The summed E-state index contributed by atoms with van der Waals surface area (Å²) >= 11 is 11.3. The molecule has 0 saturated carbocycles. The summed E-state index contributed by atoms with van der Waals surface area (Å²) in [6, 6.07) is 15.5. The molecule has 0 amide bonds. The lowest BCUT2D eigenvalue weighted by molar-refractivity contribution is 0.604. The molecule has 0 aliphatic rings. The van der Waals surface area contributed by atoms with E-state index in [4.69, 9.17) is 27.6 Å². The van der Waals surface area contributed by atoms with Crippen molar-refractivity contribution in [2.24, 2.45) is 0 Å². The molecule has 0 bridgehead atoms. The molecular formula is C14H11Cl2NO. The van der Waals surface area contributed by atoms with Crippen LogP contribution in [0.4, 0.5) is 0 Å². The Bertz CT molecular complexity index is 635. The van der Waals surface area contributed by atoms with Crippen molar-refractivity contribution in [2.45, 2.75) is 6.92 Å². The van der Waals surface area contributed by atoms with Crippen molar-refractivity contribution >= 4 is 34.3 Å². The van der Waals surface area contributed by atoms with Crippen LogP contribution in [-0.4, -0.2) is 4.98 Å². The van der Waals surface area contributed by atoms with Gasteiger partial charge in [0, 0.05) is 0 Å². The zero-order valence-corrected chi connectivity index (χ0v) is 11.2. The van der Waals surface area contributed by atoms with Crippen molar-refractivity contribution in [3.05, 3.63) is 64.5 Å². The first-order valence-corrected chi connectivity index (χ1v) is 6.14. The van der Waals surface area contributed by atoms with E-state index in [-0.39, 0.29) is 5.35 Å². The Morgan fingerprint density at radius 3 is 2.22 bits per heavy atom. The number of aryl methyl sites for hydroxylation is 1. The number of benzene rings is 2. The Hall–Kier alpha value is -1.51. The molecule has 2 aromatic carbocycles. The summed E-state index contributed by atoms with van der Waals surface area (Å²) in [5.74, 6) is 0. The van der Waals surface area contributed by atoms with Crippen LogP contribution in [0.25, 0.3) is 11.1 Å². The molecule has 3 rings (SSSR count). The molecule has 0 spiro atoms. The van der Waals surface area contributed by atoms with Crippen LogP contribution in [0, 0.1) is 6.92 Å². The number of hydrogen-bond donors (Lipinski definition) is 0. The highest BCUT2D eigenvalue weighted by atomic mass is 35.5. The smallest absolute Gasteiger partial charge is 0.293 e. The fourth-order valence-corrected chi connectivity index (χ4v) is 1.80. The van der Waals surface area contributed by atoms with Crippen LogP contribution in [0.2, 0.25) is 10.4 Å². The van der Waals surface area contributed by atoms with Crippen molar-refractivity contribution in [3.8, 4) is 0 Å². The van der Waals surface area contributed by atoms with Crippen LogP contribution in [0.1, 0.15) is 5.56 Å². The lowest BCUT2D eigenvalue weighted by atomic mass is 10.2. The summed E-state index contributed by atoms with van der Waals surface area (Å²) < 4.78 is 5.02. The molecular weight excluding hydrogens is 269 g/mol. The number of aromatic nitrogens is 1. The highest BCUT2D eigenvalue weighted by Gasteiger charge is 2.05. The standard InChI is InChI=1S/C7H3Cl2NO.C7H8/c8-4-2-1-3-5-6(4)10-7(9)11-5;1-7-5-3-2-4-6-7/h1-3H;2-6H,1H3. The van der Waals surface area contributed by atoms with Crippen LogP contribution in [0.5, 0.6) is 0 Å². The molecule has 0 radical (unpaired) electrons. The first-order chi connectivity index (χ1) is 8.66. The molecule has 2 nitrogen and oxygen atoms in total. The van der Waals surface area contributed by atoms with Gasteiger partial charge < -0.3 is 4.42 Å². The average molecular weight is 280 g/mol. The van der Waals surface area contributed by atoms with Gasteiger partial charge in [0.1, 0.15) is 5.52 Å². The predicted molar refractivity (Wildman–Crippen MR) is 75.2 cm³/mol. The van der Waals surface area contributed by atoms with Gasteiger partial charge in [-0.2, -0.15) is 4.98 Å². The molecule has 4 heteroatoms. The normalized spacial score (nSPS) is 9.94. The molecule has 0 saturated heterocycles. The maximum Gasteiger partial charge on any atom is 0.293 e. The molecule has 1 aromatic heterocycles. The molecule has 0 fully saturated rings. The molecule has 0 atom stereocenters. The van der Waals surface area contributed by atoms with Gasteiger partial charge in [0.05, 0.1) is 5.02 Å². The number of fused-ring (bicyclic) bond motifs is 1. The van der Waals surface area contributed by atoms with Gasteiger partial charge in [-0.05, 0) is 30.7 Å². The predicted octanol–water partition coefficient (Wildman–Crippen LogP) is 5.13. The van der Waals surface area contributed by atoms with Crippen molar-refractivity contribution in [1.82, 2.24) is 4.98 Å². The van der Waals surface area contributed by atoms with Gasteiger partial charge in [0.25, 0.3) is 5.35 Å². The number of hydrogen-bond acceptors (Lipinski definition) is 2. The van der Waals surface area contributed by atoms with Gasteiger partial charge in [0.2, 0.25) is 0 Å². The van der Waals surface area contributed by atoms with Gasteiger partial charge in [-0.15, -0.1) is 0 Å². The molecule has 92 valence electrons. The first kappa shape index (κ1) is 12.9. The number of oxazole rings is 1. The first-order valence-electron chi connectivity index (χ1n) is 5.39. The summed E-state index contributed by atoms with van der Waals surface area (Å²) in [6.45, 7) is 2.08. The molecule has 0 N–H and O–H groups in total. The number of halogens is 2. The third-order valence-corrected chi connectivity index (χ3v) is 2.75. The van der Waals surface area contributed by atoms with Gasteiger partial charge in [-0.3, -0.25) is 0 Å². The largest absolute Gasteiger partial charge is 0.428 e. The lowest BCUT2D eigenvalue weighted by Gasteiger charge is -1.86. The highest BCUT2D eigenvalue weighted by molar-refractivity contribution is 6.35. The second kappa shape index (κ2) is 5.89. The van der Waals surface area contributed by atoms with Gasteiger partial charge in [0.15, 0.2) is 5.58 Å². The van der Waals surface area contributed by atoms with Crippen LogP contribution in [-0.2, 0) is 0 Å². The summed E-state index contributed by atoms with van der Waals surface area (Å²) in [4.78, 5) is 3.88. The lowest BCUT2D eigenvalue weighted by Crippen LogP contribution is -1.67. The minimum Gasteiger partial charge on any atom is -0.428 e. The fourth-order valence-electron chi connectivity index (χ4n) is 1.42. The van der Waals surface area contributed by atoms with E-state index >= 15 is 0 Å². The summed E-state index contributed by atoms with van der Waals surface area (Å²) in [7, 11) is 0. The topological polar surface area (TPSA) is 26.0 Å². The number of para-hydroxylation sites is 1. The van der Waals surface area contributed by atoms with Crippen LogP contribution < -0.4 is 0 Å². The molecule has 18 heavy (non-hydrogen) atoms. The Balaban J connectivity index is 0.000000149. The number of rotatable bonds is 0. The van der Waals surface area contributed by atoms with E-state index in [2.05, 4.69) is 24.0 Å². The minimum absolute atomic E-state index is 0.119. The van der Waals surface area contributed by atoms with Gasteiger partial charge >= 0.3 is 0 Å². The third-order valence-electron chi connectivity index (χ3n) is 2.28. The minimum atomic E-state index is 0.119. The molecule has 3 aromatic rings. The summed E-state index contributed by atoms with van der Waals surface area (Å²) in [6.07, 6.45) is 0. The Kier molecular flexibility index (Phi) is 4.24. The molecule has 0 unspecified atom stereocenters. The zero-order valence-electron chi connectivity index (χ0n) is 9.73.